The van der Waals surface area contributed by atoms with Crippen molar-refractivity contribution < 1.29 is 9.21 Å². The van der Waals surface area contributed by atoms with Crippen LogP contribution >= 0.6 is 23.4 Å². The lowest BCUT2D eigenvalue weighted by molar-refractivity contribution is -0.114. The number of amides is 1. The van der Waals surface area contributed by atoms with Gasteiger partial charge in [-0.3, -0.25) is 10.2 Å². The van der Waals surface area contributed by atoms with Crippen LogP contribution in [0.5, 0.6) is 0 Å². The van der Waals surface area contributed by atoms with Crippen molar-refractivity contribution in [3.8, 4) is 11.3 Å². The standard InChI is InChI=1S/C24H17ClN4O2S/c1-13-5-3-4-6-17(13)23-28-29-21(26)18(22(30)27-24(29)32-23)12-16-9-10-20(31-16)15-8-7-14(2)19(25)11-15/h3-12,26H,1-2H3/b18-12+,26-21?. The van der Waals surface area contributed by atoms with Crippen LogP contribution in [0, 0.1) is 19.3 Å². The molecule has 158 valence electrons. The minimum absolute atomic E-state index is 0.0348. The molecule has 0 saturated carbocycles. The number of rotatable bonds is 3. The Kier molecular flexibility index (Phi) is 5.07. The summed E-state index contributed by atoms with van der Waals surface area (Å²) in [6, 6.07) is 17.1. The van der Waals surface area contributed by atoms with E-state index in [2.05, 4.69) is 10.1 Å². The fourth-order valence-corrected chi connectivity index (χ4v) is 4.55. The monoisotopic (exact) mass is 460 g/mol. The summed E-state index contributed by atoms with van der Waals surface area (Å²) in [5.74, 6) is 0.534. The van der Waals surface area contributed by atoms with Gasteiger partial charge in [0.05, 0.1) is 5.57 Å². The number of aryl methyl sites for hydroxylation is 2. The summed E-state index contributed by atoms with van der Waals surface area (Å²) in [6.45, 7) is 3.93. The first-order valence-electron chi connectivity index (χ1n) is 9.83. The summed E-state index contributed by atoms with van der Waals surface area (Å²) in [5.41, 5.74) is 3.94. The largest absolute Gasteiger partial charge is 0.457 e. The van der Waals surface area contributed by atoms with E-state index in [9.17, 15) is 4.79 Å². The number of aliphatic imine (C=N–C) groups is 1. The lowest BCUT2D eigenvalue weighted by Crippen LogP contribution is -2.35. The highest BCUT2D eigenvalue weighted by Crippen LogP contribution is 2.33. The fourth-order valence-electron chi connectivity index (χ4n) is 3.39. The Morgan fingerprint density at radius 3 is 2.69 bits per heavy atom. The molecular formula is C24H17ClN4O2S. The van der Waals surface area contributed by atoms with E-state index in [4.69, 9.17) is 21.4 Å². The maximum absolute atomic E-state index is 12.7. The Morgan fingerprint density at radius 2 is 1.91 bits per heavy atom. The van der Waals surface area contributed by atoms with Gasteiger partial charge < -0.3 is 4.42 Å². The average Bonchev–Trinajstić information content (AvgIpc) is 3.41. The highest BCUT2D eigenvalue weighted by molar-refractivity contribution is 8.27. The van der Waals surface area contributed by atoms with E-state index in [0.717, 1.165) is 22.3 Å². The maximum atomic E-state index is 12.7. The predicted octanol–water partition coefficient (Wildman–Crippen LogP) is 5.88. The van der Waals surface area contributed by atoms with Gasteiger partial charge in [-0.05, 0) is 61.0 Å². The number of fused-ring (bicyclic) bond motifs is 1. The maximum Gasteiger partial charge on any atom is 0.283 e. The number of furan rings is 1. The van der Waals surface area contributed by atoms with Gasteiger partial charge in [0.2, 0.25) is 5.17 Å². The van der Waals surface area contributed by atoms with E-state index in [1.165, 1.54) is 22.8 Å². The van der Waals surface area contributed by atoms with Crippen LogP contribution in [0.4, 0.5) is 0 Å². The van der Waals surface area contributed by atoms with Crippen molar-refractivity contribution in [2.24, 2.45) is 10.1 Å². The minimum Gasteiger partial charge on any atom is -0.457 e. The van der Waals surface area contributed by atoms with E-state index < -0.39 is 5.91 Å². The molecule has 0 spiro atoms. The molecule has 0 aliphatic carbocycles. The van der Waals surface area contributed by atoms with Crippen LogP contribution in [-0.2, 0) is 4.79 Å². The molecule has 0 radical (unpaired) electrons. The second kappa shape index (κ2) is 7.93. The van der Waals surface area contributed by atoms with Crippen molar-refractivity contribution in [3.05, 3.63) is 87.6 Å². The summed E-state index contributed by atoms with van der Waals surface area (Å²) >= 11 is 7.50. The Morgan fingerprint density at radius 1 is 1.09 bits per heavy atom. The quantitative estimate of drug-likeness (QED) is 0.494. The predicted molar refractivity (Wildman–Crippen MR) is 129 cm³/mol. The Hall–Kier alpha value is -3.42. The Labute approximate surface area is 193 Å². The van der Waals surface area contributed by atoms with Crippen molar-refractivity contribution in [2.75, 3.05) is 0 Å². The fraction of sp³-hybridized carbons (Fsp3) is 0.0833. The summed E-state index contributed by atoms with van der Waals surface area (Å²) in [5, 5.41) is 16.2. The van der Waals surface area contributed by atoms with Gasteiger partial charge in [-0.25, -0.2) is 0 Å². The van der Waals surface area contributed by atoms with Gasteiger partial charge in [0.1, 0.15) is 16.6 Å². The number of halogens is 1. The Bertz CT molecular complexity index is 1390. The molecule has 1 amide bonds. The number of hydrazone groups is 1. The van der Waals surface area contributed by atoms with Crippen LogP contribution in [0.2, 0.25) is 5.02 Å². The molecule has 0 fully saturated rings. The molecule has 32 heavy (non-hydrogen) atoms. The molecule has 1 N–H and O–H groups in total. The van der Waals surface area contributed by atoms with Gasteiger partial charge >= 0.3 is 0 Å². The normalized spacial score (nSPS) is 17.0. The molecule has 5 rings (SSSR count). The molecule has 0 saturated heterocycles. The second-order valence-electron chi connectivity index (χ2n) is 7.41. The topological polar surface area (TPSA) is 82.0 Å². The van der Waals surface area contributed by atoms with Crippen molar-refractivity contribution in [3.63, 3.8) is 0 Å². The lowest BCUT2D eigenvalue weighted by Gasteiger charge is -2.19. The number of nitrogens with zero attached hydrogens (tertiary/aromatic N) is 3. The van der Waals surface area contributed by atoms with Crippen molar-refractivity contribution >= 4 is 51.4 Å². The molecule has 2 aliphatic rings. The van der Waals surface area contributed by atoms with Gasteiger partial charge in [0.25, 0.3) is 5.91 Å². The minimum atomic E-state index is -0.494. The number of nitrogens with one attached hydrogen (secondary N) is 1. The molecule has 0 atom stereocenters. The summed E-state index contributed by atoms with van der Waals surface area (Å²) in [6.07, 6.45) is 1.52. The number of amidine groups is 2. The zero-order valence-electron chi connectivity index (χ0n) is 17.2. The summed E-state index contributed by atoms with van der Waals surface area (Å²) in [4.78, 5) is 16.8. The number of hydrogen-bond acceptors (Lipinski definition) is 5. The van der Waals surface area contributed by atoms with E-state index >= 15 is 0 Å². The molecule has 3 heterocycles. The molecule has 2 aromatic carbocycles. The van der Waals surface area contributed by atoms with Gasteiger partial charge in [-0.15, -0.1) is 0 Å². The molecule has 6 nitrogen and oxygen atoms in total. The van der Waals surface area contributed by atoms with Crippen LogP contribution in [0.3, 0.4) is 0 Å². The van der Waals surface area contributed by atoms with Crippen molar-refractivity contribution in [1.82, 2.24) is 5.01 Å². The van der Waals surface area contributed by atoms with Gasteiger partial charge in [-0.1, -0.05) is 48.0 Å². The first kappa shape index (κ1) is 20.5. The molecule has 0 unspecified atom stereocenters. The van der Waals surface area contributed by atoms with Crippen LogP contribution in [0.25, 0.3) is 17.4 Å². The third kappa shape index (κ3) is 3.59. The lowest BCUT2D eigenvalue weighted by atomic mass is 10.1. The summed E-state index contributed by atoms with van der Waals surface area (Å²) in [7, 11) is 0. The number of benzene rings is 2. The number of carbonyl (C=O) groups excluding carboxylic acids is 1. The third-order valence-corrected chi connectivity index (χ3v) is 6.55. The number of thioether (sulfide) groups is 1. The highest BCUT2D eigenvalue weighted by Gasteiger charge is 2.36. The van der Waals surface area contributed by atoms with Crippen molar-refractivity contribution in [1.29, 1.82) is 5.41 Å². The van der Waals surface area contributed by atoms with E-state index in [1.807, 2.05) is 56.3 Å². The van der Waals surface area contributed by atoms with E-state index in [-0.39, 0.29) is 11.4 Å². The van der Waals surface area contributed by atoms with Crippen LogP contribution in [0.15, 0.2) is 74.7 Å². The highest BCUT2D eigenvalue weighted by atomic mass is 35.5. The first-order chi connectivity index (χ1) is 15.4. The van der Waals surface area contributed by atoms with E-state index in [1.54, 1.807) is 12.1 Å². The zero-order chi connectivity index (χ0) is 22.4. The molecule has 1 aromatic heterocycles. The number of hydrogen-bond donors (Lipinski definition) is 1. The average molecular weight is 461 g/mol. The van der Waals surface area contributed by atoms with Gasteiger partial charge in [-0.2, -0.15) is 15.1 Å². The van der Waals surface area contributed by atoms with Crippen LogP contribution in [0.1, 0.15) is 22.5 Å². The van der Waals surface area contributed by atoms with Crippen molar-refractivity contribution in [2.45, 2.75) is 13.8 Å². The van der Waals surface area contributed by atoms with Gasteiger partial charge in [0.15, 0.2) is 5.84 Å². The zero-order valence-corrected chi connectivity index (χ0v) is 18.8. The van der Waals surface area contributed by atoms with E-state index in [0.29, 0.717) is 26.8 Å². The molecule has 0 bridgehead atoms. The molecule has 8 heteroatoms. The SMILES string of the molecule is Cc1ccc(-c2ccc(/C=C3\C(=N)N4N=C(c5ccccc5C)SC4=NC3=O)o2)cc1Cl. The van der Waals surface area contributed by atoms with Crippen LogP contribution < -0.4 is 0 Å². The third-order valence-electron chi connectivity index (χ3n) is 5.20. The van der Waals surface area contributed by atoms with Gasteiger partial charge in [0, 0.05) is 16.1 Å². The summed E-state index contributed by atoms with van der Waals surface area (Å²) < 4.78 is 5.89. The molecule has 3 aromatic rings. The number of carbonyl (C=O) groups is 1. The van der Waals surface area contributed by atoms with Crippen LogP contribution in [-0.4, -0.2) is 27.0 Å². The Balaban J connectivity index is 1.45. The molecular weight excluding hydrogens is 444 g/mol. The second-order valence-corrected chi connectivity index (χ2v) is 8.77. The smallest absolute Gasteiger partial charge is 0.283 e. The first-order valence-corrected chi connectivity index (χ1v) is 11.0. The molecule has 2 aliphatic heterocycles.